The Morgan fingerprint density at radius 2 is 1.97 bits per heavy atom. The van der Waals surface area contributed by atoms with Crippen molar-refractivity contribution in [3.8, 4) is 17.2 Å². The highest BCUT2D eigenvalue weighted by Gasteiger charge is 2.31. The number of amides is 1. The van der Waals surface area contributed by atoms with Crippen LogP contribution in [0.15, 0.2) is 47.4 Å². The number of piperidine rings is 1. The minimum Gasteiger partial charge on any atom is -0.339 e. The number of carbonyl (C=O) groups is 1. The molecule has 0 radical (unpaired) electrons. The summed E-state index contributed by atoms with van der Waals surface area (Å²) in [6.07, 6.45) is 3.34. The molecular weight excluding hydrogens is 412 g/mol. The van der Waals surface area contributed by atoms with E-state index in [4.69, 9.17) is 0 Å². The average Bonchev–Trinajstić information content (AvgIpc) is 3.02. The Morgan fingerprint density at radius 3 is 2.65 bits per heavy atom. The van der Waals surface area contributed by atoms with Crippen molar-refractivity contribution >= 4 is 15.9 Å². The Labute approximate surface area is 183 Å². The second kappa shape index (κ2) is 8.79. The van der Waals surface area contributed by atoms with E-state index in [2.05, 4.69) is 16.7 Å². The third-order valence-corrected chi connectivity index (χ3v) is 7.87. The molecule has 2 heterocycles. The molecule has 2 aromatic carbocycles. The number of rotatable bonds is 5. The maximum Gasteiger partial charge on any atom is 0.243 e. The highest BCUT2D eigenvalue weighted by atomic mass is 32.2. The monoisotopic (exact) mass is 438 g/mol. The first-order chi connectivity index (χ1) is 14.9. The summed E-state index contributed by atoms with van der Waals surface area (Å²) in [6.45, 7) is 1.21. The normalized spacial score (nSPS) is 21.1. The van der Waals surface area contributed by atoms with Crippen LogP contribution in [0.2, 0.25) is 0 Å². The third kappa shape index (κ3) is 4.49. The van der Waals surface area contributed by atoms with Crippen molar-refractivity contribution in [1.82, 2.24) is 14.9 Å². The van der Waals surface area contributed by atoms with Crippen molar-refractivity contribution in [3.63, 3.8) is 0 Å². The number of hydrogen-bond acceptors (Lipinski definition) is 5. The number of nitriles is 1. The molecule has 162 valence electrons. The van der Waals surface area contributed by atoms with E-state index in [0.29, 0.717) is 17.9 Å². The summed E-state index contributed by atoms with van der Waals surface area (Å²) in [6, 6.07) is 14.6. The van der Waals surface area contributed by atoms with Crippen LogP contribution in [0, 0.1) is 11.3 Å². The van der Waals surface area contributed by atoms with Gasteiger partial charge >= 0.3 is 0 Å². The van der Waals surface area contributed by atoms with Gasteiger partial charge in [0.2, 0.25) is 15.9 Å². The van der Waals surface area contributed by atoms with E-state index in [-0.39, 0.29) is 11.9 Å². The molecule has 0 bridgehead atoms. The second-order valence-electron chi connectivity index (χ2n) is 8.18. The molecule has 7 nitrogen and oxygen atoms in total. The Balaban J connectivity index is 1.43. The summed E-state index contributed by atoms with van der Waals surface area (Å²) in [5.41, 5.74) is 3.68. The summed E-state index contributed by atoms with van der Waals surface area (Å²) >= 11 is 0. The van der Waals surface area contributed by atoms with Crippen LogP contribution in [-0.4, -0.2) is 44.3 Å². The van der Waals surface area contributed by atoms with Gasteiger partial charge in [-0.15, -0.1) is 0 Å². The van der Waals surface area contributed by atoms with Gasteiger partial charge in [0.25, 0.3) is 0 Å². The van der Waals surface area contributed by atoms with Crippen LogP contribution >= 0.6 is 0 Å². The van der Waals surface area contributed by atoms with Gasteiger partial charge in [-0.2, -0.15) is 9.57 Å². The van der Waals surface area contributed by atoms with Gasteiger partial charge in [-0.1, -0.05) is 36.8 Å². The van der Waals surface area contributed by atoms with Crippen LogP contribution in [0.4, 0.5) is 0 Å². The molecule has 0 aromatic heterocycles. The van der Waals surface area contributed by atoms with Crippen molar-refractivity contribution in [3.05, 3.63) is 53.6 Å². The Hall–Kier alpha value is -2.73. The number of hydrogen-bond donors (Lipinski definition) is 2. The minimum atomic E-state index is -3.36. The lowest BCUT2D eigenvalue weighted by Gasteiger charge is -2.23. The van der Waals surface area contributed by atoms with Crippen LogP contribution in [-0.2, 0) is 27.8 Å². The van der Waals surface area contributed by atoms with Gasteiger partial charge in [-0.05, 0) is 53.8 Å². The van der Waals surface area contributed by atoms with Gasteiger partial charge in [-0.3, -0.25) is 4.79 Å². The number of nitrogens with zero attached hydrogens (tertiary/aromatic N) is 2. The number of sulfonamides is 1. The molecule has 0 unspecified atom stereocenters. The van der Waals surface area contributed by atoms with Crippen molar-refractivity contribution in [2.45, 2.75) is 49.2 Å². The smallest absolute Gasteiger partial charge is 0.243 e. The molecule has 8 heteroatoms. The Bertz CT molecular complexity index is 1120. The largest absolute Gasteiger partial charge is 0.339 e. The van der Waals surface area contributed by atoms with E-state index in [1.54, 1.807) is 13.1 Å². The van der Waals surface area contributed by atoms with E-state index in [1.165, 1.54) is 4.31 Å². The van der Waals surface area contributed by atoms with Crippen molar-refractivity contribution in [1.29, 1.82) is 5.26 Å². The number of carbonyl (C=O) groups excluding carboxylic acids is 1. The molecule has 1 amide bonds. The zero-order valence-electron chi connectivity index (χ0n) is 17.5. The summed E-state index contributed by atoms with van der Waals surface area (Å²) in [4.78, 5) is 12.8. The van der Waals surface area contributed by atoms with Crippen molar-refractivity contribution < 1.29 is 13.2 Å². The summed E-state index contributed by atoms with van der Waals surface area (Å²) in [5, 5.41) is 15.5. The number of nitrogens with one attached hydrogen (secondary N) is 2. The van der Waals surface area contributed by atoms with Crippen LogP contribution in [0.3, 0.4) is 0 Å². The van der Waals surface area contributed by atoms with Gasteiger partial charge in [0, 0.05) is 20.0 Å². The molecule has 2 aromatic rings. The molecular formula is C23H26N4O3S. The second-order valence-corrected chi connectivity index (χ2v) is 10.2. The molecule has 2 atom stereocenters. The fraction of sp³-hybridized carbons (Fsp3) is 0.391. The molecule has 31 heavy (non-hydrogen) atoms. The van der Waals surface area contributed by atoms with Crippen molar-refractivity contribution in [2.75, 3.05) is 13.6 Å². The molecule has 2 aliphatic heterocycles. The maximum atomic E-state index is 12.4. The molecule has 1 fully saturated rings. The molecule has 0 aliphatic carbocycles. The van der Waals surface area contributed by atoms with Gasteiger partial charge in [0.15, 0.2) is 0 Å². The van der Waals surface area contributed by atoms with E-state index >= 15 is 0 Å². The van der Waals surface area contributed by atoms with Crippen LogP contribution < -0.4 is 10.6 Å². The number of benzene rings is 2. The predicted molar refractivity (Wildman–Crippen MR) is 117 cm³/mol. The summed E-state index contributed by atoms with van der Waals surface area (Å²) in [5.74, 6) is -0.110. The fourth-order valence-electron chi connectivity index (χ4n) is 4.17. The quantitative estimate of drug-likeness (QED) is 0.745. The number of fused-ring (bicyclic) bond motifs is 1. The first-order valence-electron chi connectivity index (χ1n) is 10.5. The topological polar surface area (TPSA) is 102 Å². The fourth-order valence-corrected chi connectivity index (χ4v) is 5.51. The Kier molecular flexibility index (Phi) is 6.10. The highest BCUT2D eigenvalue weighted by Crippen LogP contribution is 2.32. The van der Waals surface area contributed by atoms with Crippen LogP contribution in [0.25, 0.3) is 11.1 Å². The van der Waals surface area contributed by atoms with E-state index in [0.717, 1.165) is 48.1 Å². The van der Waals surface area contributed by atoms with E-state index in [1.807, 2.05) is 36.4 Å². The van der Waals surface area contributed by atoms with Gasteiger partial charge in [-0.25, -0.2) is 8.42 Å². The zero-order chi connectivity index (χ0) is 22.0. The van der Waals surface area contributed by atoms with Crippen molar-refractivity contribution in [2.24, 2.45) is 0 Å². The van der Waals surface area contributed by atoms with E-state index in [9.17, 15) is 18.5 Å². The Morgan fingerprint density at radius 1 is 1.23 bits per heavy atom. The van der Waals surface area contributed by atoms with E-state index < -0.39 is 16.1 Å². The lowest BCUT2D eigenvalue weighted by molar-refractivity contribution is -0.124. The molecule has 0 saturated carbocycles. The lowest BCUT2D eigenvalue weighted by atomic mass is 9.99. The maximum absolute atomic E-state index is 12.4. The van der Waals surface area contributed by atoms with Crippen LogP contribution in [0.1, 0.15) is 30.4 Å². The molecule has 2 aliphatic rings. The summed E-state index contributed by atoms with van der Waals surface area (Å²) in [7, 11) is -1.78. The summed E-state index contributed by atoms with van der Waals surface area (Å²) < 4.78 is 25.9. The molecule has 4 rings (SSSR count). The molecule has 0 spiro atoms. The molecule has 2 N–H and O–H groups in total. The lowest BCUT2D eigenvalue weighted by Crippen LogP contribution is -2.49. The van der Waals surface area contributed by atoms with Gasteiger partial charge in [0.05, 0.1) is 17.0 Å². The molecule has 1 saturated heterocycles. The highest BCUT2D eigenvalue weighted by molar-refractivity contribution is 7.89. The average molecular weight is 439 g/mol. The first kappa shape index (κ1) is 21.5. The van der Waals surface area contributed by atoms with Crippen LogP contribution in [0.5, 0.6) is 0 Å². The minimum absolute atomic E-state index is 0.110. The van der Waals surface area contributed by atoms with Gasteiger partial charge in [0.1, 0.15) is 6.04 Å². The van der Waals surface area contributed by atoms with Gasteiger partial charge < -0.3 is 10.6 Å². The first-order valence-corrected chi connectivity index (χ1v) is 11.9. The SMILES string of the molecule is CN1Cc2cc(-c3ccc(C[C@@H](C#N)NC(=O)[C@@H]4CCCCN4)cc3)ccc2S1(=O)=O. The predicted octanol–water partition coefficient (Wildman–Crippen LogP) is 2.18. The zero-order valence-corrected chi connectivity index (χ0v) is 18.3. The third-order valence-electron chi connectivity index (χ3n) is 5.97. The standard InChI is InChI=1S/C23H26N4O3S/c1-27-15-19-13-18(9-10-22(19)31(27,29)30)17-7-5-16(6-8-17)12-20(14-24)26-23(28)21-4-2-3-11-25-21/h5-10,13,20-21,25H,2-4,11-12,15H2,1H3,(H,26,28)/t20-,21-/m0/s1.